The van der Waals surface area contributed by atoms with E-state index in [1.165, 1.54) is 6.92 Å². The van der Waals surface area contributed by atoms with Crippen molar-refractivity contribution in [3.63, 3.8) is 0 Å². The summed E-state index contributed by atoms with van der Waals surface area (Å²) in [5.74, 6) is 0.00191. The molecule has 2 nitrogen and oxygen atoms in total. The minimum atomic E-state index is -1.01. The highest BCUT2D eigenvalue weighted by Crippen LogP contribution is 2.19. The fourth-order valence-electron chi connectivity index (χ4n) is 1.55. The lowest BCUT2D eigenvalue weighted by Crippen LogP contribution is -2.27. The van der Waals surface area contributed by atoms with Gasteiger partial charge in [0.1, 0.15) is 5.78 Å². The summed E-state index contributed by atoms with van der Waals surface area (Å²) in [7, 11) is 0. The van der Waals surface area contributed by atoms with Crippen LogP contribution in [-0.2, 0) is 4.79 Å². The third-order valence-electron chi connectivity index (χ3n) is 2.55. The Morgan fingerprint density at radius 2 is 2.00 bits per heavy atom. The normalized spacial score (nSPS) is 14.9. The summed E-state index contributed by atoms with van der Waals surface area (Å²) in [4.78, 5) is 11.0. The molecule has 1 unspecified atom stereocenters. The number of benzene rings is 1. The van der Waals surface area contributed by atoms with Gasteiger partial charge in [-0.1, -0.05) is 49.4 Å². The predicted octanol–water partition coefficient (Wildman–Crippen LogP) is 2.82. The highest BCUT2D eigenvalue weighted by molar-refractivity contribution is 5.77. The second-order valence-corrected chi connectivity index (χ2v) is 4.08. The third kappa shape index (κ3) is 3.99. The molecule has 0 aromatic heterocycles. The Balaban J connectivity index is 2.77. The van der Waals surface area contributed by atoms with Crippen molar-refractivity contribution in [1.82, 2.24) is 0 Å². The van der Waals surface area contributed by atoms with Crippen LogP contribution in [0.25, 0.3) is 6.08 Å². The average molecular weight is 218 g/mol. The summed E-state index contributed by atoms with van der Waals surface area (Å²) in [5.41, 5.74) is 0.0136. The number of aliphatic hydroxyl groups is 1. The molecule has 0 saturated carbocycles. The van der Waals surface area contributed by atoms with Crippen LogP contribution in [0.5, 0.6) is 0 Å². The predicted molar refractivity (Wildman–Crippen MR) is 66.0 cm³/mol. The molecule has 2 heteroatoms. The molecule has 1 rings (SSSR count). The van der Waals surface area contributed by atoms with Crippen molar-refractivity contribution in [2.75, 3.05) is 0 Å². The molecule has 0 aliphatic heterocycles. The van der Waals surface area contributed by atoms with Gasteiger partial charge in [-0.25, -0.2) is 0 Å². The smallest absolute Gasteiger partial charge is 0.133 e. The van der Waals surface area contributed by atoms with Gasteiger partial charge in [-0.05, 0) is 18.9 Å². The molecular formula is C14H18O2. The molecule has 1 aromatic rings. The highest BCUT2D eigenvalue weighted by atomic mass is 16.3. The Labute approximate surface area is 96.6 Å². The van der Waals surface area contributed by atoms with E-state index in [0.29, 0.717) is 6.42 Å². The Bertz CT molecular complexity index is 368. The molecule has 0 spiro atoms. The van der Waals surface area contributed by atoms with Gasteiger partial charge in [-0.15, -0.1) is 0 Å². The number of Topliss-reactive ketones (excluding diaryl/α,β-unsaturated/α-hetero) is 1. The number of hydrogen-bond acceptors (Lipinski definition) is 2. The van der Waals surface area contributed by atoms with E-state index in [-0.39, 0.29) is 12.2 Å². The Kier molecular flexibility index (Phi) is 4.44. The van der Waals surface area contributed by atoms with Crippen LogP contribution < -0.4 is 0 Å². The third-order valence-corrected chi connectivity index (χ3v) is 2.55. The van der Waals surface area contributed by atoms with Crippen molar-refractivity contribution in [2.45, 2.75) is 32.3 Å². The SMILES string of the molecule is CCC(O)(/C=C/c1ccccc1)CC(C)=O. The Morgan fingerprint density at radius 3 is 2.50 bits per heavy atom. The molecule has 0 saturated heterocycles. The quantitative estimate of drug-likeness (QED) is 0.825. The number of rotatable bonds is 5. The molecule has 1 atom stereocenters. The van der Waals surface area contributed by atoms with Crippen molar-refractivity contribution in [3.8, 4) is 0 Å². The van der Waals surface area contributed by atoms with Gasteiger partial charge >= 0.3 is 0 Å². The van der Waals surface area contributed by atoms with Crippen LogP contribution in [0.15, 0.2) is 36.4 Å². The second kappa shape index (κ2) is 5.61. The first-order chi connectivity index (χ1) is 7.56. The standard InChI is InChI=1S/C14H18O2/c1-3-14(16,11-12(2)15)10-9-13-7-5-4-6-8-13/h4-10,16H,3,11H2,1-2H3/b10-9+. The lowest BCUT2D eigenvalue weighted by molar-refractivity contribution is -0.120. The van der Waals surface area contributed by atoms with Crippen LogP contribution in [-0.4, -0.2) is 16.5 Å². The monoisotopic (exact) mass is 218 g/mol. The van der Waals surface area contributed by atoms with E-state index in [4.69, 9.17) is 0 Å². The van der Waals surface area contributed by atoms with Crippen LogP contribution in [0.4, 0.5) is 0 Å². The fraction of sp³-hybridized carbons (Fsp3) is 0.357. The molecule has 86 valence electrons. The van der Waals surface area contributed by atoms with E-state index in [0.717, 1.165) is 5.56 Å². The first-order valence-corrected chi connectivity index (χ1v) is 5.52. The maximum atomic E-state index is 11.0. The molecular weight excluding hydrogens is 200 g/mol. The van der Waals surface area contributed by atoms with Gasteiger partial charge in [0.05, 0.1) is 5.60 Å². The molecule has 0 amide bonds. The van der Waals surface area contributed by atoms with Crippen LogP contribution in [0.1, 0.15) is 32.3 Å². The van der Waals surface area contributed by atoms with Crippen LogP contribution in [0.2, 0.25) is 0 Å². The second-order valence-electron chi connectivity index (χ2n) is 4.08. The van der Waals surface area contributed by atoms with Crippen LogP contribution >= 0.6 is 0 Å². The highest BCUT2D eigenvalue weighted by Gasteiger charge is 2.22. The average Bonchev–Trinajstić information content (AvgIpc) is 2.27. The van der Waals surface area contributed by atoms with Crippen LogP contribution in [0.3, 0.4) is 0 Å². The summed E-state index contributed by atoms with van der Waals surface area (Å²) >= 11 is 0. The molecule has 0 aliphatic carbocycles. The number of carbonyl (C=O) groups is 1. The fourth-order valence-corrected chi connectivity index (χ4v) is 1.55. The molecule has 0 fully saturated rings. The number of hydrogen-bond donors (Lipinski definition) is 1. The molecule has 0 radical (unpaired) electrons. The van der Waals surface area contributed by atoms with Crippen molar-refractivity contribution < 1.29 is 9.90 Å². The van der Waals surface area contributed by atoms with E-state index in [1.54, 1.807) is 6.08 Å². The zero-order valence-corrected chi connectivity index (χ0v) is 9.81. The molecule has 0 aliphatic rings. The maximum Gasteiger partial charge on any atom is 0.133 e. The molecule has 0 bridgehead atoms. The summed E-state index contributed by atoms with van der Waals surface area (Å²) < 4.78 is 0. The van der Waals surface area contributed by atoms with Crippen molar-refractivity contribution in [1.29, 1.82) is 0 Å². The summed E-state index contributed by atoms with van der Waals surface area (Å²) in [6.45, 7) is 3.37. The lowest BCUT2D eigenvalue weighted by atomic mass is 9.93. The first-order valence-electron chi connectivity index (χ1n) is 5.52. The largest absolute Gasteiger partial charge is 0.385 e. The zero-order valence-electron chi connectivity index (χ0n) is 9.81. The maximum absolute atomic E-state index is 11.0. The van der Waals surface area contributed by atoms with E-state index in [1.807, 2.05) is 43.3 Å². The van der Waals surface area contributed by atoms with E-state index < -0.39 is 5.60 Å². The van der Waals surface area contributed by atoms with E-state index >= 15 is 0 Å². The van der Waals surface area contributed by atoms with Gasteiger partial charge in [0, 0.05) is 6.42 Å². The van der Waals surface area contributed by atoms with Crippen LogP contribution in [0, 0.1) is 0 Å². The van der Waals surface area contributed by atoms with Gasteiger partial charge in [0.2, 0.25) is 0 Å². The van der Waals surface area contributed by atoms with E-state index in [9.17, 15) is 9.90 Å². The molecule has 16 heavy (non-hydrogen) atoms. The lowest BCUT2D eigenvalue weighted by Gasteiger charge is -2.21. The number of carbonyl (C=O) groups excluding carboxylic acids is 1. The van der Waals surface area contributed by atoms with Gasteiger partial charge < -0.3 is 5.11 Å². The number of ketones is 1. The first kappa shape index (κ1) is 12.7. The Morgan fingerprint density at radius 1 is 1.38 bits per heavy atom. The van der Waals surface area contributed by atoms with Gasteiger partial charge in [0.15, 0.2) is 0 Å². The van der Waals surface area contributed by atoms with Crippen molar-refractivity contribution in [3.05, 3.63) is 42.0 Å². The van der Waals surface area contributed by atoms with Gasteiger partial charge in [-0.2, -0.15) is 0 Å². The molecule has 1 N–H and O–H groups in total. The van der Waals surface area contributed by atoms with Gasteiger partial charge in [0.25, 0.3) is 0 Å². The van der Waals surface area contributed by atoms with E-state index in [2.05, 4.69) is 0 Å². The van der Waals surface area contributed by atoms with Crippen molar-refractivity contribution in [2.24, 2.45) is 0 Å². The van der Waals surface area contributed by atoms with Crippen molar-refractivity contribution >= 4 is 11.9 Å². The molecule has 0 heterocycles. The minimum absolute atomic E-state index is 0.00191. The topological polar surface area (TPSA) is 37.3 Å². The summed E-state index contributed by atoms with van der Waals surface area (Å²) in [6, 6.07) is 9.74. The minimum Gasteiger partial charge on any atom is -0.385 e. The summed E-state index contributed by atoms with van der Waals surface area (Å²) in [6.07, 6.45) is 4.28. The Hall–Kier alpha value is -1.41. The summed E-state index contributed by atoms with van der Waals surface area (Å²) in [5, 5.41) is 10.1. The molecule has 1 aromatic carbocycles. The van der Waals surface area contributed by atoms with Gasteiger partial charge in [-0.3, -0.25) is 4.79 Å². The zero-order chi connectivity index (χ0) is 12.0.